The van der Waals surface area contributed by atoms with Crippen LogP contribution >= 0.6 is 11.3 Å². The highest BCUT2D eigenvalue weighted by atomic mass is 32.1. The SMILES string of the molecule is Cc1sc2ncnc(N3CCCCC3)c2c1C(=O)Nc1cccc(F)c1C. The summed E-state index contributed by atoms with van der Waals surface area (Å²) in [5, 5.41) is 3.67. The summed E-state index contributed by atoms with van der Waals surface area (Å²) < 4.78 is 13.8. The highest BCUT2D eigenvalue weighted by Crippen LogP contribution is 2.36. The van der Waals surface area contributed by atoms with E-state index < -0.39 is 0 Å². The third-order valence-corrected chi connectivity index (χ3v) is 6.06. The molecule has 3 aromatic rings. The Balaban J connectivity index is 1.77. The molecular formula is C20H21FN4OS. The Bertz CT molecular complexity index is 1010. The summed E-state index contributed by atoms with van der Waals surface area (Å²) >= 11 is 1.49. The van der Waals surface area contributed by atoms with Gasteiger partial charge in [0, 0.05) is 29.2 Å². The first-order valence-electron chi connectivity index (χ1n) is 9.12. The van der Waals surface area contributed by atoms with Crippen LogP contribution in [0.3, 0.4) is 0 Å². The molecule has 0 spiro atoms. The molecule has 2 aromatic heterocycles. The quantitative estimate of drug-likeness (QED) is 0.712. The first kappa shape index (κ1) is 17.9. The third kappa shape index (κ3) is 3.27. The highest BCUT2D eigenvalue weighted by Gasteiger charge is 2.24. The number of fused-ring (bicyclic) bond motifs is 1. The molecule has 1 aliphatic heterocycles. The number of carbonyl (C=O) groups excluding carboxylic acids is 1. The van der Waals surface area contributed by atoms with E-state index in [-0.39, 0.29) is 11.7 Å². The maximum absolute atomic E-state index is 13.8. The van der Waals surface area contributed by atoms with Gasteiger partial charge >= 0.3 is 0 Å². The summed E-state index contributed by atoms with van der Waals surface area (Å²) in [6.45, 7) is 5.45. The van der Waals surface area contributed by atoms with Crippen LogP contribution < -0.4 is 10.2 Å². The fraction of sp³-hybridized carbons (Fsp3) is 0.350. The first-order chi connectivity index (χ1) is 13.1. The van der Waals surface area contributed by atoms with E-state index in [0.717, 1.165) is 46.8 Å². The van der Waals surface area contributed by atoms with Crippen LogP contribution in [0, 0.1) is 19.7 Å². The lowest BCUT2D eigenvalue weighted by molar-refractivity contribution is 0.102. The number of amides is 1. The van der Waals surface area contributed by atoms with Gasteiger partial charge in [0.1, 0.15) is 22.8 Å². The number of aryl methyl sites for hydroxylation is 1. The highest BCUT2D eigenvalue weighted by molar-refractivity contribution is 7.19. The van der Waals surface area contributed by atoms with Gasteiger partial charge in [-0.15, -0.1) is 11.3 Å². The van der Waals surface area contributed by atoms with E-state index in [1.54, 1.807) is 25.4 Å². The second-order valence-corrected chi connectivity index (χ2v) is 8.03. The lowest BCUT2D eigenvalue weighted by Gasteiger charge is -2.28. The Kier molecular flexibility index (Phi) is 4.78. The number of hydrogen-bond donors (Lipinski definition) is 1. The Morgan fingerprint density at radius 3 is 2.74 bits per heavy atom. The van der Waals surface area contributed by atoms with Crippen LogP contribution in [0.5, 0.6) is 0 Å². The van der Waals surface area contributed by atoms with Gasteiger partial charge in [-0.3, -0.25) is 4.79 Å². The zero-order valence-electron chi connectivity index (χ0n) is 15.4. The molecule has 0 bridgehead atoms. The number of thiophene rings is 1. The van der Waals surface area contributed by atoms with Crippen molar-refractivity contribution in [3.05, 3.63) is 46.3 Å². The minimum absolute atomic E-state index is 0.250. The normalized spacial score (nSPS) is 14.6. The van der Waals surface area contributed by atoms with Crippen molar-refractivity contribution in [1.29, 1.82) is 0 Å². The summed E-state index contributed by atoms with van der Waals surface area (Å²) in [6.07, 6.45) is 5.04. The van der Waals surface area contributed by atoms with Crippen LogP contribution in [0.25, 0.3) is 10.2 Å². The van der Waals surface area contributed by atoms with Crippen LogP contribution in [0.2, 0.25) is 0 Å². The molecule has 0 atom stereocenters. The summed E-state index contributed by atoms with van der Waals surface area (Å²) in [4.78, 5) is 25.9. The number of anilines is 2. The summed E-state index contributed by atoms with van der Waals surface area (Å²) in [5.74, 6) is 0.239. The van der Waals surface area contributed by atoms with Crippen molar-refractivity contribution in [3.8, 4) is 0 Å². The molecule has 1 aromatic carbocycles. The summed E-state index contributed by atoms with van der Waals surface area (Å²) in [6, 6.07) is 4.69. The largest absolute Gasteiger partial charge is 0.356 e. The van der Waals surface area contributed by atoms with Gasteiger partial charge in [0.2, 0.25) is 0 Å². The average molecular weight is 384 g/mol. The maximum atomic E-state index is 13.8. The molecule has 1 fully saturated rings. The molecule has 0 aliphatic carbocycles. The molecule has 5 nitrogen and oxygen atoms in total. The van der Waals surface area contributed by atoms with Crippen molar-refractivity contribution in [2.75, 3.05) is 23.3 Å². The molecule has 140 valence electrons. The Hall–Kier alpha value is -2.54. The van der Waals surface area contributed by atoms with E-state index in [1.165, 1.54) is 23.8 Å². The Morgan fingerprint density at radius 2 is 1.96 bits per heavy atom. The smallest absolute Gasteiger partial charge is 0.257 e. The van der Waals surface area contributed by atoms with E-state index in [1.807, 2.05) is 6.92 Å². The number of carbonyl (C=O) groups is 1. The molecule has 3 heterocycles. The lowest BCUT2D eigenvalue weighted by Crippen LogP contribution is -2.30. The van der Waals surface area contributed by atoms with Gasteiger partial charge in [-0.2, -0.15) is 0 Å². The number of piperidine rings is 1. The molecule has 0 saturated carbocycles. The van der Waals surface area contributed by atoms with Gasteiger partial charge < -0.3 is 10.2 Å². The van der Waals surface area contributed by atoms with Gasteiger partial charge in [0.05, 0.1) is 10.9 Å². The number of rotatable bonds is 3. The predicted octanol–water partition coefficient (Wildman–Crippen LogP) is 4.69. The van der Waals surface area contributed by atoms with Crippen LogP contribution in [0.1, 0.15) is 40.1 Å². The van der Waals surface area contributed by atoms with Crippen LogP contribution in [0.15, 0.2) is 24.5 Å². The third-order valence-electron chi connectivity index (χ3n) is 5.04. The van der Waals surface area contributed by atoms with Gasteiger partial charge in [0.15, 0.2) is 0 Å². The van der Waals surface area contributed by atoms with E-state index >= 15 is 0 Å². The predicted molar refractivity (Wildman–Crippen MR) is 107 cm³/mol. The number of aromatic nitrogens is 2. The molecule has 1 saturated heterocycles. The van der Waals surface area contributed by atoms with Crippen LogP contribution in [0.4, 0.5) is 15.9 Å². The van der Waals surface area contributed by atoms with E-state index in [4.69, 9.17) is 0 Å². The molecule has 1 aliphatic rings. The van der Waals surface area contributed by atoms with Gasteiger partial charge in [-0.05, 0) is 45.2 Å². The van der Waals surface area contributed by atoms with Crippen LogP contribution in [-0.4, -0.2) is 29.0 Å². The lowest BCUT2D eigenvalue weighted by atomic mass is 10.1. The molecule has 4 rings (SSSR count). The standard InChI is InChI=1S/C20H21FN4OS/c1-12-14(21)7-6-8-15(12)24-19(26)16-13(2)27-20-17(16)18(22-11-23-20)25-9-4-3-5-10-25/h6-8,11H,3-5,9-10H2,1-2H3,(H,24,26). The number of nitrogens with zero attached hydrogens (tertiary/aromatic N) is 3. The second-order valence-electron chi connectivity index (χ2n) is 6.82. The Labute approximate surface area is 161 Å². The van der Waals surface area contributed by atoms with E-state index in [0.29, 0.717) is 16.8 Å². The molecule has 0 unspecified atom stereocenters. The number of hydrogen-bond acceptors (Lipinski definition) is 5. The zero-order chi connectivity index (χ0) is 19.0. The van der Waals surface area contributed by atoms with Crippen molar-refractivity contribution in [2.24, 2.45) is 0 Å². The monoisotopic (exact) mass is 384 g/mol. The van der Waals surface area contributed by atoms with E-state index in [2.05, 4.69) is 20.2 Å². The second kappa shape index (κ2) is 7.23. The number of halogens is 1. The van der Waals surface area contributed by atoms with Crippen molar-refractivity contribution < 1.29 is 9.18 Å². The summed E-state index contributed by atoms with van der Waals surface area (Å²) in [7, 11) is 0. The van der Waals surface area contributed by atoms with Crippen molar-refractivity contribution in [1.82, 2.24) is 9.97 Å². The van der Waals surface area contributed by atoms with Gasteiger partial charge in [-0.25, -0.2) is 14.4 Å². The van der Waals surface area contributed by atoms with Gasteiger partial charge in [0.25, 0.3) is 5.91 Å². The molecule has 7 heteroatoms. The topological polar surface area (TPSA) is 58.1 Å². The Morgan fingerprint density at radius 1 is 1.19 bits per heavy atom. The molecule has 27 heavy (non-hydrogen) atoms. The minimum Gasteiger partial charge on any atom is -0.356 e. The minimum atomic E-state index is -0.336. The molecular weight excluding hydrogens is 363 g/mol. The van der Waals surface area contributed by atoms with Crippen molar-refractivity contribution in [3.63, 3.8) is 0 Å². The molecule has 1 N–H and O–H groups in total. The van der Waals surface area contributed by atoms with Crippen molar-refractivity contribution in [2.45, 2.75) is 33.1 Å². The fourth-order valence-corrected chi connectivity index (χ4v) is 4.56. The van der Waals surface area contributed by atoms with E-state index in [9.17, 15) is 9.18 Å². The van der Waals surface area contributed by atoms with Crippen LogP contribution in [-0.2, 0) is 0 Å². The average Bonchev–Trinajstić information content (AvgIpc) is 3.02. The van der Waals surface area contributed by atoms with Crippen molar-refractivity contribution >= 4 is 39.0 Å². The molecule has 1 amide bonds. The summed E-state index contributed by atoms with van der Waals surface area (Å²) in [5.41, 5.74) is 1.49. The number of nitrogens with one attached hydrogen (secondary N) is 1. The van der Waals surface area contributed by atoms with Gasteiger partial charge in [-0.1, -0.05) is 6.07 Å². The number of benzene rings is 1. The molecule has 0 radical (unpaired) electrons. The fourth-order valence-electron chi connectivity index (χ4n) is 3.58. The zero-order valence-corrected chi connectivity index (χ0v) is 16.2. The maximum Gasteiger partial charge on any atom is 0.257 e. The first-order valence-corrected chi connectivity index (χ1v) is 9.93.